The number of carbonyl (C=O) groups is 1. The summed E-state index contributed by atoms with van der Waals surface area (Å²) in [6.07, 6.45) is 5.75. The number of fused-ring (bicyclic) bond motifs is 1. The molecule has 0 bridgehead atoms. The molecule has 0 spiro atoms. The van der Waals surface area contributed by atoms with Crippen LogP contribution < -0.4 is 10.1 Å². The Morgan fingerprint density at radius 2 is 2.19 bits per heavy atom. The Morgan fingerprint density at radius 1 is 1.38 bits per heavy atom. The predicted octanol–water partition coefficient (Wildman–Crippen LogP) is 4.00. The van der Waals surface area contributed by atoms with E-state index in [0.717, 1.165) is 56.4 Å². The Morgan fingerprint density at radius 3 is 2.88 bits per heavy atom. The lowest BCUT2D eigenvalue weighted by Gasteiger charge is -2.20. The van der Waals surface area contributed by atoms with Crippen LogP contribution in [0.4, 0.5) is 11.5 Å². The van der Waals surface area contributed by atoms with Crippen LogP contribution in [0.3, 0.4) is 0 Å². The van der Waals surface area contributed by atoms with Gasteiger partial charge in [-0.2, -0.15) is 5.26 Å². The van der Waals surface area contributed by atoms with Gasteiger partial charge in [0.1, 0.15) is 17.6 Å². The summed E-state index contributed by atoms with van der Waals surface area (Å²) in [5.41, 5.74) is 2.44. The molecule has 1 aliphatic carbocycles. The number of aromatic nitrogens is 1. The number of halogens is 1. The lowest BCUT2D eigenvalue weighted by molar-refractivity contribution is -0.384. The number of nitrogens with zero attached hydrogens (tertiary/aromatic N) is 3. The molecule has 1 fully saturated rings. The highest BCUT2D eigenvalue weighted by atomic mass is 35.5. The SMILES string of the molecule is N#Cc1c2c(n(CC3CCCO3)c1NC(=O)COc1ccc([N+](=O)[O-])cc1Cl)CCCC2. The molecule has 1 aromatic heterocycles. The Hall–Kier alpha value is -3.09. The van der Waals surface area contributed by atoms with Crippen molar-refractivity contribution in [1.29, 1.82) is 5.26 Å². The monoisotopic (exact) mass is 458 g/mol. The molecule has 4 rings (SSSR count). The molecule has 2 heterocycles. The number of carbonyl (C=O) groups excluding carboxylic acids is 1. The number of anilines is 1. The third-order valence-corrected chi connectivity index (χ3v) is 6.13. The highest BCUT2D eigenvalue weighted by molar-refractivity contribution is 6.32. The second-order valence-electron chi connectivity index (χ2n) is 7.92. The number of non-ortho nitro benzene ring substituents is 1. The fourth-order valence-electron chi connectivity index (χ4n) is 4.35. The number of nitro benzene ring substituents is 1. The first-order chi connectivity index (χ1) is 15.5. The van der Waals surface area contributed by atoms with E-state index in [-0.39, 0.29) is 29.2 Å². The molecule has 0 radical (unpaired) electrons. The molecule has 0 saturated carbocycles. The number of nitrogens with one attached hydrogen (secondary N) is 1. The largest absolute Gasteiger partial charge is 0.482 e. The van der Waals surface area contributed by atoms with E-state index in [4.69, 9.17) is 21.1 Å². The Kier molecular flexibility index (Phi) is 6.63. The van der Waals surface area contributed by atoms with Crippen LogP contribution in [-0.4, -0.2) is 34.7 Å². The molecule has 1 saturated heterocycles. The smallest absolute Gasteiger partial charge is 0.271 e. The fraction of sp³-hybridized carbons (Fsp3) is 0.455. The zero-order valence-corrected chi connectivity index (χ0v) is 18.2. The van der Waals surface area contributed by atoms with E-state index in [1.54, 1.807) is 0 Å². The van der Waals surface area contributed by atoms with Gasteiger partial charge in [0.15, 0.2) is 6.61 Å². The summed E-state index contributed by atoms with van der Waals surface area (Å²) >= 11 is 6.03. The number of amides is 1. The third-order valence-electron chi connectivity index (χ3n) is 5.84. The highest BCUT2D eigenvalue weighted by Crippen LogP contribution is 2.34. The molecule has 1 N–H and O–H groups in total. The normalized spacial score (nSPS) is 17.4. The average Bonchev–Trinajstić information content (AvgIpc) is 3.39. The number of rotatable bonds is 7. The summed E-state index contributed by atoms with van der Waals surface area (Å²) in [6.45, 7) is 0.970. The van der Waals surface area contributed by atoms with E-state index in [9.17, 15) is 20.2 Å². The molecule has 168 valence electrons. The van der Waals surface area contributed by atoms with Gasteiger partial charge in [-0.15, -0.1) is 0 Å². The number of ether oxygens (including phenoxy) is 2. The third kappa shape index (κ3) is 4.56. The minimum atomic E-state index is -0.560. The van der Waals surface area contributed by atoms with Crippen molar-refractivity contribution in [2.45, 2.75) is 51.2 Å². The maximum atomic E-state index is 12.7. The van der Waals surface area contributed by atoms with Gasteiger partial charge in [-0.1, -0.05) is 11.6 Å². The lowest BCUT2D eigenvalue weighted by atomic mass is 9.95. The van der Waals surface area contributed by atoms with Gasteiger partial charge in [-0.3, -0.25) is 14.9 Å². The van der Waals surface area contributed by atoms with Crippen molar-refractivity contribution in [3.63, 3.8) is 0 Å². The van der Waals surface area contributed by atoms with Crippen LogP contribution >= 0.6 is 11.6 Å². The summed E-state index contributed by atoms with van der Waals surface area (Å²) in [5.74, 6) is 0.208. The molecule has 9 nitrogen and oxygen atoms in total. The lowest BCUT2D eigenvalue weighted by Crippen LogP contribution is -2.25. The molecule has 2 aliphatic rings. The van der Waals surface area contributed by atoms with Gasteiger partial charge in [0.2, 0.25) is 0 Å². The van der Waals surface area contributed by atoms with Crippen LogP contribution in [0.25, 0.3) is 0 Å². The molecule has 1 amide bonds. The molecule has 32 heavy (non-hydrogen) atoms. The number of nitriles is 1. The van der Waals surface area contributed by atoms with Crippen LogP contribution in [0.1, 0.15) is 42.5 Å². The predicted molar refractivity (Wildman–Crippen MR) is 117 cm³/mol. The first kappa shape index (κ1) is 22.1. The van der Waals surface area contributed by atoms with Gasteiger partial charge in [0.05, 0.1) is 28.2 Å². The van der Waals surface area contributed by atoms with Crippen LogP contribution in [0.2, 0.25) is 5.02 Å². The molecular weight excluding hydrogens is 436 g/mol. The van der Waals surface area contributed by atoms with Gasteiger partial charge in [-0.05, 0) is 50.2 Å². The molecule has 1 unspecified atom stereocenters. The summed E-state index contributed by atoms with van der Waals surface area (Å²) in [7, 11) is 0. The van der Waals surface area contributed by atoms with E-state index < -0.39 is 10.8 Å². The van der Waals surface area contributed by atoms with E-state index >= 15 is 0 Å². The second-order valence-corrected chi connectivity index (χ2v) is 8.33. The van der Waals surface area contributed by atoms with E-state index in [0.29, 0.717) is 17.9 Å². The number of benzene rings is 1. The van der Waals surface area contributed by atoms with Gasteiger partial charge in [0.25, 0.3) is 11.6 Å². The maximum Gasteiger partial charge on any atom is 0.271 e. The number of hydrogen-bond acceptors (Lipinski definition) is 6. The molecular formula is C22H23ClN4O5. The molecule has 10 heteroatoms. The number of nitro groups is 1. The Balaban J connectivity index is 1.52. The van der Waals surface area contributed by atoms with Crippen molar-refractivity contribution in [3.05, 3.63) is 50.2 Å². The molecule has 1 aliphatic heterocycles. The van der Waals surface area contributed by atoms with Crippen LogP contribution in [0, 0.1) is 21.4 Å². The highest BCUT2D eigenvalue weighted by Gasteiger charge is 2.28. The zero-order valence-electron chi connectivity index (χ0n) is 17.4. The molecule has 2 aromatic rings. The first-order valence-electron chi connectivity index (χ1n) is 10.6. The Labute approximate surface area is 190 Å². The van der Waals surface area contributed by atoms with Crippen molar-refractivity contribution in [1.82, 2.24) is 4.57 Å². The first-order valence-corrected chi connectivity index (χ1v) is 11.0. The summed E-state index contributed by atoms with van der Waals surface area (Å²) < 4.78 is 13.3. The summed E-state index contributed by atoms with van der Waals surface area (Å²) in [4.78, 5) is 23.0. The second kappa shape index (κ2) is 9.59. The van der Waals surface area contributed by atoms with Crippen molar-refractivity contribution in [2.75, 3.05) is 18.5 Å². The maximum absolute atomic E-state index is 12.7. The molecule has 1 atom stereocenters. The summed E-state index contributed by atoms with van der Waals surface area (Å²) in [5, 5.41) is 23.6. The quantitative estimate of drug-likeness (QED) is 0.494. The topological polar surface area (TPSA) is 119 Å². The minimum Gasteiger partial charge on any atom is -0.482 e. The van der Waals surface area contributed by atoms with E-state index in [1.165, 1.54) is 18.2 Å². The van der Waals surface area contributed by atoms with Gasteiger partial charge < -0.3 is 19.4 Å². The zero-order chi connectivity index (χ0) is 22.7. The van der Waals surface area contributed by atoms with Crippen LogP contribution in [0.15, 0.2) is 18.2 Å². The average molecular weight is 459 g/mol. The fourth-order valence-corrected chi connectivity index (χ4v) is 4.57. The van der Waals surface area contributed by atoms with Crippen molar-refractivity contribution >= 4 is 29.0 Å². The minimum absolute atomic E-state index is 0.0435. The standard InChI is InChI=1S/C22H23ClN4O5/c23-18-10-14(27(29)30)7-8-20(18)32-13-21(28)25-22-17(11-24)16-5-1-2-6-19(16)26(22)12-15-4-3-9-31-15/h7-8,10,15H,1-6,9,12-13H2,(H,25,28). The van der Waals surface area contributed by atoms with E-state index in [2.05, 4.69) is 11.4 Å². The van der Waals surface area contributed by atoms with Crippen molar-refractivity contribution in [3.8, 4) is 11.8 Å². The van der Waals surface area contributed by atoms with Gasteiger partial charge in [-0.25, -0.2) is 0 Å². The van der Waals surface area contributed by atoms with Crippen LogP contribution in [0.5, 0.6) is 5.75 Å². The summed E-state index contributed by atoms with van der Waals surface area (Å²) in [6, 6.07) is 6.05. The Bertz CT molecular complexity index is 1080. The molecule has 1 aromatic carbocycles. The van der Waals surface area contributed by atoms with Crippen molar-refractivity contribution < 1.29 is 19.2 Å². The van der Waals surface area contributed by atoms with Crippen molar-refractivity contribution in [2.24, 2.45) is 0 Å². The van der Waals surface area contributed by atoms with Crippen LogP contribution in [-0.2, 0) is 28.9 Å². The van der Waals surface area contributed by atoms with E-state index in [1.807, 2.05) is 4.57 Å². The van der Waals surface area contributed by atoms with Gasteiger partial charge >= 0.3 is 0 Å². The van der Waals surface area contributed by atoms with Gasteiger partial charge in [0, 0.05) is 24.4 Å². The number of hydrogen-bond donors (Lipinski definition) is 1.